The highest BCUT2D eigenvalue weighted by Gasteiger charge is 2.66. The van der Waals surface area contributed by atoms with E-state index in [4.69, 9.17) is 9.47 Å². The van der Waals surface area contributed by atoms with E-state index in [1.165, 1.54) is 17.7 Å². The van der Waals surface area contributed by atoms with Gasteiger partial charge in [-0.25, -0.2) is 0 Å². The Bertz CT molecular complexity index is 1670. The van der Waals surface area contributed by atoms with E-state index >= 15 is 4.79 Å². The second-order valence-corrected chi connectivity index (χ2v) is 19.8. The monoisotopic (exact) mass is 731 g/mol. The molecule has 1 aromatic carbocycles. The van der Waals surface area contributed by atoms with E-state index < -0.39 is 57.8 Å². The average Bonchev–Trinajstić information content (AvgIpc) is 3.93. The van der Waals surface area contributed by atoms with Crippen LogP contribution in [0.3, 0.4) is 0 Å². The zero-order chi connectivity index (χ0) is 38.5. The van der Waals surface area contributed by atoms with Crippen LogP contribution in [0.4, 0.5) is 5.69 Å². The summed E-state index contributed by atoms with van der Waals surface area (Å²) in [6, 6.07) is 8.72. The Balaban J connectivity index is 1.27. The number of hydrogen-bond donors (Lipinski definition) is 1. The Kier molecular flexibility index (Phi) is 9.29. The van der Waals surface area contributed by atoms with Crippen molar-refractivity contribution in [3.05, 3.63) is 30.3 Å². The van der Waals surface area contributed by atoms with E-state index in [-0.39, 0.29) is 42.3 Å². The van der Waals surface area contributed by atoms with Crippen molar-refractivity contribution in [3.63, 3.8) is 0 Å². The highest BCUT2D eigenvalue weighted by atomic mass is 16.6. The van der Waals surface area contributed by atoms with Gasteiger partial charge in [-0.2, -0.15) is 0 Å². The number of nitrogens with zero attached hydrogens (tertiary/aromatic N) is 1. The lowest BCUT2D eigenvalue weighted by molar-refractivity contribution is -0.183. The van der Waals surface area contributed by atoms with Gasteiger partial charge < -0.3 is 14.6 Å². The van der Waals surface area contributed by atoms with Gasteiger partial charge >= 0.3 is 17.9 Å². The number of para-hydroxylation sites is 1. The molecule has 7 rings (SSSR count). The number of rotatable bonds is 12. The number of ether oxygens (including phenoxy) is 2. The van der Waals surface area contributed by atoms with Crippen LogP contribution in [-0.4, -0.2) is 47.0 Å². The van der Waals surface area contributed by atoms with E-state index in [1.54, 1.807) is 58.9 Å². The summed E-state index contributed by atoms with van der Waals surface area (Å²) in [5.74, 6) is -2.66. The summed E-state index contributed by atoms with van der Waals surface area (Å²) in [7, 11) is 0. The number of carboxylic acid groups (broad SMARTS) is 1. The minimum atomic E-state index is -1.66. The molecule has 5 saturated carbocycles. The van der Waals surface area contributed by atoms with E-state index in [9.17, 15) is 24.3 Å². The minimum Gasteiger partial charge on any atom is -0.481 e. The molecule has 6 aliphatic rings. The lowest BCUT2D eigenvalue weighted by Gasteiger charge is -2.45. The van der Waals surface area contributed by atoms with Gasteiger partial charge in [-0.15, -0.1) is 0 Å². The van der Waals surface area contributed by atoms with E-state index in [1.807, 2.05) is 6.07 Å². The van der Waals surface area contributed by atoms with Gasteiger partial charge in [0.05, 0.1) is 27.9 Å². The van der Waals surface area contributed by atoms with Gasteiger partial charge in [-0.3, -0.25) is 28.9 Å². The Labute approximate surface area is 315 Å². The number of benzene rings is 1. The fourth-order valence-electron chi connectivity index (χ4n) is 13.0. The maximum absolute atomic E-state index is 15.1. The maximum atomic E-state index is 15.1. The second-order valence-electron chi connectivity index (χ2n) is 19.8. The van der Waals surface area contributed by atoms with Gasteiger partial charge in [-0.05, 0) is 132 Å². The molecule has 13 atom stereocenters. The number of anilines is 1. The van der Waals surface area contributed by atoms with Gasteiger partial charge in [0.15, 0.2) is 0 Å². The smallest absolute Gasteiger partial charge is 0.312 e. The zero-order valence-corrected chi connectivity index (χ0v) is 33.1. The Morgan fingerprint density at radius 1 is 0.849 bits per heavy atom. The van der Waals surface area contributed by atoms with E-state index in [0.29, 0.717) is 41.7 Å². The summed E-state index contributed by atoms with van der Waals surface area (Å²) in [6.07, 6.45) is 7.49. The van der Waals surface area contributed by atoms with Crippen LogP contribution < -0.4 is 4.90 Å². The Hall–Kier alpha value is -3.23. The molecule has 1 saturated heterocycles. The van der Waals surface area contributed by atoms with Gasteiger partial charge in [0.2, 0.25) is 11.8 Å². The number of aliphatic carboxylic acids is 1. The van der Waals surface area contributed by atoms with Gasteiger partial charge in [-0.1, -0.05) is 59.2 Å². The number of carbonyl (C=O) groups excluding carboxylic acids is 4. The average molecular weight is 732 g/mol. The van der Waals surface area contributed by atoms with Gasteiger partial charge in [0.25, 0.3) is 0 Å². The van der Waals surface area contributed by atoms with Crippen molar-refractivity contribution < 1.29 is 38.6 Å². The number of esters is 2. The predicted molar refractivity (Wildman–Crippen MR) is 199 cm³/mol. The Morgan fingerprint density at radius 3 is 2.13 bits per heavy atom. The third kappa shape index (κ3) is 5.70. The summed E-state index contributed by atoms with van der Waals surface area (Å²) < 4.78 is 13.1. The topological polar surface area (TPSA) is 127 Å². The maximum Gasteiger partial charge on any atom is 0.312 e. The Morgan fingerprint density at radius 2 is 1.53 bits per heavy atom. The molecule has 1 aliphatic heterocycles. The molecule has 4 bridgehead atoms. The van der Waals surface area contributed by atoms with E-state index in [2.05, 4.69) is 20.8 Å². The molecule has 1 aromatic rings. The molecule has 53 heavy (non-hydrogen) atoms. The SMILES string of the molecule is CCC(C)(CC(C)(CC(C)(C(=O)OC1C[C@@H]2CC[C@@]1(C)C2(C)C)C1C(=O)N(c2ccccc2)C(=O)C1C)C(=O)OC1C[C@H]2C[C@H]1C1CCCC12)C(=O)O. The number of carboxylic acids is 1. The molecule has 9 nitrogen and oxygen atoms in total. The molecule has 0 aromatic heterocycles. The summed E-state index contributed by atoms with van der Waals surface area (Å²) in [5, 5.41) is 10.5. The van der Waals surface area contributed by atoms with Crippen LogP contribution in [0.5, 0.6) is 0 Å². The first kappa shape index (κ1) is 38.1. The molecular weight excluding hydrogens is 670 g/mol. The third-order valence-electron chi connectivity index (χ3n) is 16.7. The van der Waals surface area contributed by atoms with Crippen LogP contribution in [0.15, 0.2) is 30.3 Å². The fraction of sp³-hybridized carbons (Fsp3) is 0.750. The summed E-state index contributed by atoms with van der Waals surface area (Å²) in [4.78, 5) is 72.8. The summed E-state index contributed by atoms with van der Waals surface area (Å²) in [5.41, 5.74) is -4.37. The predicted octanol–water partition coefficient (Wildman–Crippen LogP) is 8.23. The molecule has 0 spiro atoms. The molecule has 1 heterocycles. The normalized spacial score (nSPS) is 38.6. The molecule has 5 aliphatic carbocycles. The molecule has 9 heteroatoms. The van der Waals surface area contributed by atoms with Crippen LogP contribution in [0, 0.1) is 68.5 Å². The van der Waals surface area contributed by atoms with E-state index in [0.717, 1.165) is 32.1 Å². The van der Waals surface area contributed by atoms with Gasteiger partial charge in [0.1, 0.15) is 12.2 Å². The zero-order valence-electron chi connectivity index (χ0n) is 33.1. The number of carbonyl (C=O) groups is 5. The standard InChI is InChI=1S/C44H61NO8/c1-9-41(5,37(48)49)23-42(6,38(50)52-32-21-26-20-31(32)30-17-13-16-29(26)30)24-43(7,39(51)53-33-22-27-18-19-44(33,8)40(27,3)4)34-25(2)35(46)45(36(34)47)28-14-11-10-12-15-28/h10-12,14-15,25-27,29-34H,9,13,16-24H2,1-8H3,(H,48,49)/t25?,26-,27+,29?,30?,31+,32?,33?,34?,41?,42?,43?,44-/m1/s1. The van der Waals surface area contributed by atoms with Gasteiger partial charge in [0, 0.05) is 11.3 Å². The summed E-state index contributed by atoms with van der Waals surface area (Å²) >= 11 is 0. The number of amides is 2. The molecule has 6 fully saturated rings. The first-order valence-corrected chi connectivity index (χ1v) is 20.4. The number of hydrogen-bond acceptors (Lipinski definition) is 7. The largest absolute Gasteiger partial charge is 0.481 e. The molecule has 2 amide bonds. The first-order chi connectivity index (χ1) is 24.8. The van der Waals surface area contributed by atoms with Crippen molar-refractivity contribution in [1.82, 2.24) is 0 Å². The lowest BCUT2D eigenvalue weighted by Crippen LogP contribution is -2.52. The van der Waals surface area contributed by atoms with Crippen molar-refractivity contribution in [3.8, 4) is 0 Å². The third-order valence-corrected chi connectivity index (χ3v) is 16.7. The molecule has 9 unspecified atom stereocenters. The van der Waals surface area contributed by atoms with Crippen LogP contribution in [0.1, 0.15) is 126 Å². The van der Waals surface area contributed by atoms with Crippen LogP contribution in [-0.2, 0) is 33.4 Å². The van der Waals surface area contributed by atoms with Crippen molar-refractivity contribution in [2.75, 3.05) is 4.90 Å². The van der Waals surface area contributed by atoms with Crippen LogP contribution in [0.25, 0.3) is 0 Å². The minimum absolute atomic E-state index is 0.0490. The summed E-state index contributed by atoms with van der Waals surface area (Å²) in [6.45, 7) is 15.2. The molecule has 0 radical (unpaired) electrons. The fourth-order valence-corrected chi connectivity index (χ4v) is 13.0. The van der Waals surface area contributed by atoms with Crippen LogP contribution in [0.2, 0.25) is 0 Å². The van der Waals surface area contributed by atoms with Crippen molar-refractivity contribution in [1.29, 1.82) is 0 Å². The van der Waals surface area contributed by atoms with Crippen molar-refractivity contribution >= 4 is 35.4 Å². The highest BCUT2D eigenvalue weighted by Crippen LogP contribution is 2.67. The van der Waals surface area contributed by atoms with Crippen LogP contribution >= 0.6 is 0 Å². The van der Waals surface area contributed by atoms with Crippen molar-refractivity contribution in [2.24, 2.45) is 68.5 Å². The number of imide groups is 1. The first-order valence-electron chi connectivity index (χ1n) is 20.4. The molecule has 290 valence electrons. The van der Waals surface area contributed by atoms with Crippen molar-refractivity contribution in [2.45, 2.75) is 138 Å². The molecule has 1 N–H and O–H groups in total. The molecular formula is C44H61NO8. The lowest BCUT2D eigenvalue weighted by atomic mass is 9.59. The second kappa shape index (κ2) is 12.9. The quantitative estimate of drug-likeness (QED) is 0.168. The number of fused-ring (bicyclic) bond motifs is 7. The highest BCUT2D eigenvalue weighted by molar-refractivity contribution is 6.23.